The fraction of sp³-hybridized carbons (Fsp3) is 0.250. The van der Waals surface area contributed by atoms with Gasteiger partial charge in [0.15, 0.2) is 17.5 Å². The Hall–Kier alpha value is -4.15. The van der Waals surface area contributed by atoms with Gasteiger partial charge in [0, 0.05) is 18.8 Å². The number of ether oxygens (including phenoxy) is 1. The Morgan fingerprint density at radius 3 is 2.63 bits per heavy atom. The Morgan fingerprint density at radius 2 is 1.97 bits per heavy atom. The van der Waals surface area contributed by atoms with Gasteiger partial charge in [0.25, 0.3) is 5.91 Å². The van der Waals surface area contributed by atoms with Gasteiger partial charge in [0.2, 0.25) is 11.8 Å². The van der Waals surface area contributed by atoms with E-state index in [4.69, 9.17) is 4.74 Å². The van der Waals surface area contributed by atoms with E-state index in [1.165, 1.54) is 19.3 Å². The van der Waals surface area contributed by atoms with Crippen LogP contribution in [0.1, 0.15) is 35.7 Å². The molecule has 1 aliphatic rings. The topological polar surface area (TPSA) is 89.4 Å². The lowest BCUT2D eigenvalue weighted by molar-refractivity contribution is -0.143. The number of benzene rings is 1. The molecule has 4 rings (SSSR count). The zero-order chi connectivity index (χ0) is 25.1. The number of carbonyl (C=O) groups excluding carboxylic acids is 2. The molecule has 0 spiro atoms. The van der Waals surface area contributed by atoms with Crippen LogP contribution in [0.3, 0.4) is 0 Å². The molecule has 0 bridgehead atoms. The zero-order valence-corrected chi connectivity index (χ0v) is 19.0. The summed E-state index contributed by atoms with van der Waals surface area (Å²) in [7, 11) is 1.48. The quantitative estimate of drug-likeness (QED) is 0.427. The van der Waals surface area contributed by atoms with Crippen LogP contribution in [0.15, 0.2) is 42.9 Å². The number of aryl methyl sites for hydroxylation is 1. The second-order valence-electron chi connectivity index (χ2n) is 7.98. The summed E-state index contributed by atoms with van der Waals surface area (Å²) in [5.74, 6) is -6.02. The number of piperidine rings is 1. The molecule has 35 heavy (non-hydrogen) atoms. The van der Waals surface area contributed by atoms with E-state index < -0.39 is 35.2 Å². The van der Waals surface area contributed by atoms with E-state index in [1.807, 2.05) is 13.1 Å². The predicted molar refractivity (Wildman–Crippen MR) is 120 cm³/mol. The van der Waals surface area contributed by atoms with Crippen LogP contribution >= 0.6 is 0 Å². The zero-order valence-electron chi connectivity index (χ0n) is 19.0. The molecule has 0 radical (unpaired) electrons. The maximum atomic E-state index is 13.6. The van der Waals surface area contributed by atoms with Gasteiger partial charge in [-0.05, 0) is 55.7 Å². The number of hydrogen-bond donors (Lipinski definition) is 1. The summed E-state index contributed by atoms with van der Waals surface area (Å²) in [6.45, 7) is 2.09. The number of hydrazine groups is 1. The Morgan fingerprint density at radius 1 is 1.23 bits per heavy atom. The van der Waals surface area contributed by atoms with Gasteiger partial charge in [-0.3, -0.25) is 20.0 Å². The largest absolute Gasteiger partial charge is 0.479 e. The molecule has 1 saturated heterocycles. The number of imidazole rings is 1. The van der Waals surface area contributed by atoms with Crippen molar-refractivity contribution in [1.82, 2.24) is 25.0 Å². The summed E-state index contributed by atoms with van der Waals surface area (Å²) in [5, 5.41) is 1.10. The number of hydrogen-bond acceptors (Lipinski definition) is 5. The van der Waals surface area contributed by atoms with Crippen molar-refractivity contribution in [2.75, 3.05) is 13.7 Å². The number of nitrogens with one attached hydrogen (secondary N) is 1. The number of pyridine rings is 1. The fourth-order valence-corrected chi connectivity index (χ4v) is 3.84. The van der Waals surface area contributed by atoms with E-state index in [0.717, 1.165) is 22.8 Å². The van der Waals surface area contributed by atoms with Crippen LogP contribution in [0.2, 0.25) is 0 Å². The van der Waals surface area contributed by atoms with Crippen LogP contribution in [-0.2, 0) is 9.59 Å². The molecule has 8 nitrogen and oxygen atoms in total. The molecule has 1 atom stereocenters. The second kappa shape index (κ2) is 10.00. The van der Waals surface area contributed by atoms with Crippen LogP contribution in [0.5, 0.6) is 5.88 Å². The van der Waals surface area contributed by atoms with Gasteiger partial charge in [-0.2, -0.15) is 0 Å². The van der Waals surface area contributed by atoms with Gasteiger partial charge in [-0.15, -0.1) is 0 Å². The Balaban J connectivity index is 1.44. The first kappa shape index (κ1) is 24.0. The minimum atomic E-state index is -1.59. The minimum absolute atomic E-state index is 0.0189. The first-order chi connectivity index (χ1) is 16.8. The standard InChI is InChI=1S/C24H22F3N5O3/c1-14-12-31(13-28-14)20-7-5-16(29-23(20)35-2)6-8-21(33)30-32-9-3-4-17(24(32)34)15-10-18(25)22(27)19(26)11-15/h5-8,10-13,17H,3-4,9H2,1-2H3,(H,30,33). The van der Waals surface area contributed by atoms with E-state index in [1.54, 1.807) is 23.0 Å². The van der Waals surface area contributed by atoms with Crippen LogP contribution in [0.4, 0.5) is 13.2 Å². The molecule has 11 heteroatoms. The lowest BCUT2D eigenvalue weighted by Crippen LogP contribution is -2.50. The van der Waals surface area contributed by atoms with Crippen LogP contribution in [0, 0.1) is 24.4 Å². The molecule has 3 heterocycles. The minimum Gasteiger partial charge on any atom is -0.479 e. The van der Waals surface area contributed by atoms with Crippen molar-refractivity contribution < 1.29 is 27.5 Å². The molecule has 1 aliphatic heterocycles. The maximum Gasteiger partial charge on any atom is 0.262 e. The molecule has 1 fully saturated rings. The highest BCUT2D eigenvalue weighted by atomic mass is 19.2. The number of carbonyl (C=O) groups is 2. The summed E-state index contributed by atoms with van der Waals surface area (Å²) < 4.78 is 47.6. The van der Waals surface area contributed by atoms with E-state index >= 15 is 0 Å². The highest BCUT2D eigenvalue weighted by Gasteiger charge is 2.32. The van der Waals surface area contributed by atoms with Crippen molar-refractivity contribution in [3.8, 4) is 11.6 Å². The summed E-state index contributed by atoms with van der Waals surface area (Å²) in [6.07, 6.45) is 6.91. The Kier molecular flexibility index (Phi) is 6.85. The molecular formula is C24H22F3N5O3. The summed E-state index contributed by atoms with van der Waals surface area (Å²) >= 11 is 0. The number of methoxy groups -OCH3 is 1. The highest BCUT2D eigenvalue weighted by molar-refractivity contribution is 5.94. The third kappa shape index (κ3) is 5.18. The second-order valence-corrected chi connectivity index (χ2v) is 7.98. The molecule has 0 aliphatic carbocycles. The third-order valence-corrected chi connectivity index (χ3v) is 5.54. The molecule has 2 aromatic heterocycles. The van der Waals surface area contributed by atoms with Crippen LogP contribution in [0.25, 0.3) is 11.8 Å². The van der Waals surface area contributed by atoms with Gasteiger partial charge >= 0.3 is 0 Å². The van der Waals surface area contributed by atoms with Crippen molar-refractivity contribution >= 4 is 17.9 Å². The van der Waals surface area contributed by atoms with E-state index in [2.05, 4.69) is 15.4 Å². The predicted octanol–water partition coefficient (Wildman–Crippen LogP) is 3.45. The van der Waals surface area contributed by atoms with Crippen molar-refractivity contribution in [3.05, 3.63) is 77.3 Å². The normalized spacial score (nSPS) is 16.1. The first-order valence-electron chi connectivity index (χ1n) is 10.8. The molecular weight excluding hydrogens is 463 g/mol. The van der Waals surface area contributed by atoms with Crippen LogP contribution in [-0.4, -0.2) is 45.0 Å². The lowest BCUT2D eigenvalue weighted by Gasteiger charge is -2.32. The van der Waals surface area contributed by atoms with E-state index in [0.29, 0.717) is 30.1 Å². The SMILES string of the molecule is COc1nc(C=CC(=O)NN2CCCC(c3cc(F)c(F)c(F)c3)C2=O)ccc1-n1cnc(C)c1. The average molecular weight is 485 g/mol. The maximum absolute atomic E-state index is 13.6. The average Bonchev–Trinajstić information content (AvgIpc) is 3.28. The van der Waals surface area contributed by atoms with Gasteiger partial charge in [-0.25, -0.2) is 23.1 Å². The van der Waals surface area contributed by atoms with Crippen LogP contribution < -0.4 is 10.2 Å². The summed E-state index contributed by atoms with van der Waals surface area (Å²) in [4.78, 5) is 33.8. The van der Waals surface area contributed by atoms with Crippen molar-refractivity contribution in [2.45, 2.75) is 25.7 Å². The lowest BCUT2D eigenvalue weighted by atomic mass is 9.90. The van der Waals surface area contributed by atoms with E-state index in [9.17, 15) is 22.8 Å². The smallest absolute Gasteiger partial charge is 0.262 e. The van der Waals surface area contributed by atoms with Gasteiger partial charge in [-0.1, -0.05) is 0 Å². The highest BCUT2D eigenvalue weighted by Crippen LogP contribution is 2.29. The number of aromatic nitrogens is 3. The summed E-state index contributed by atoms with van der Waals surface area (Å²) in [6, 6.07) is 5.07. The molecule has 1 aromatic carbocycles. The van der Waals surface area contributed by atoms with Gasteiger partial charge in [0.1, 0.15) is 5.69 Å². The number of rotatable bonds is 6. The first-order valence-corrected chi connectivity index (χ1v) is 10.8. The third-order valence-electron chi connectivity index (χ3n) is 5.54. The number of amides is 2. The molecule has 3 aromatic rings. The molecule has 182 valence electrons. The van der Waals surface area contributed by atoms with Crippen molar-refractivity contribution in [1.29, 1.82) is 0 Å². The Labute approximate surface area is 199 Å². The monoisotopic (exact) mass is 485 g/mol. The van der Waals surface area contributed by atoms with Gasteiger partial charge < -0.3 is 9.30 Å². The Bertz CT molecular complexity index is 1280. The van der Waals surface area contributed by atoms with Crippen molar-refractivity contribution in [2.24, 2.45) is 0 Å². The van der Waals surface area contributed by atoms with E-state index in [-0.39, 0.29) is 12.1 Å². The molecule has 2 amide bonds. The molecule has 1 unspecified atom stereocenters. The fourth-order valence-electron chi connectivity index (χ4n) is 3.84. The van der Waals surface area contributed by atoms with Gasteiger partial charge in [0.05, 0.1) is 30.7 Å². The number of halogens is 3. The molecule has 0 saturated carbocycles. The van der Waals surface area contributed by atoms with Crippen molar-refractivity contribution in [3.63, 3.8) is 0 Å². The molecule has 1 N–H and O–H groups in total. The summed E-state index contributed by atoms with van der Waals surface area (Å²) in [5.41, 5.74) is 4.44. The number of nitrogens with zero attached hydrogens (tertiary/aromatic N) is 4.